The van der Waals surface area contributed by atoms with E-state index in [1.165, 1.54) is 24.3 Å². The molecule has 0 bridgehead atoms. The lowest BCUT2D eigenvalue weighted by molar-refractivity contribution is -1.91. The molecule has 1 aliphatic heterocycles. The molecule has 1 saturated carbocycles. The van der Waals surface area contributed by atoms with Crippen LogP contribution in [-0.4, -0.2) is 5.51 Å². The van der Waals surface area contributed by atoms with Gasteiger partial charge in [-0.1, -0.05) is 31.0 Å². The molecule has 1 aromatic carbocycles. The fourth-order valence-electron chi connectivity index (χ4n) is 3.27. The standard InChI is InChI=1S/C14H14ClF3O4S/c16-14(17,18)23(22-15(19,20)21)12-8-4-3-7-11(12)9-13(23)10-5-1-2-6-10/h3-4,7-10H,1-2,5-6H2. The number of fused-ring (bicyclic) bond motifs is 1. The lowest BCUT2D eigenvalue weighted by Crippen LogP contribution is -2.61. The molecule has 1 atom stereocenters. The molecule has 0 aromatic heterocycles. The fraction of sp³-hybridized carbons (Fsp3) is 0.429. The molecule has 1 unspecified atom stereocenters. The van der Waals surface area contributed by atoms with Gasteiger partial charge in [-0.15, -0.1) is 0 Å². The molecule has 9 heteroatoms. The van der Waals surface area contributed by atoms with Crippen LogP contribution in [0.5, 0.6) is 0 Å². The van der Waals surface area contributed by atoms with Crippen molar-refractivity contribution in [1.29, 1.82) is 0 Å². The molecule has 1 aromatic rings. The van der Waals surface area contributed by atoms with Crippen LogP contribution in [0.25, 0.3) is 6.08 Å². The van der Waals surface area contributed by atoms with Crippen molar-refractivity contribution >= 4 is 16.4 Å². The number of halogens is 4. The minimum Gasteiger partial charge on any atom is -0.182 e. The lowest BCUT2D eigenvalue weighted by atomic mass is 10.1. The molecule has 0 saturated heterocycles. The molecular weight excluding hydrogens is 357 g/mol. The van der Waals surface area contributed by atoms with E-state index in [2.05, 4.69) is 3.74 Å². The summed E-state index contributed by atoms with van der Waals surface area (Å²) in [5.74, 6) is -0.420. The van der Waals surface area contributed by atoms with Crippen LogP contribution < -0.4 is 14.0 Å². The Bertz CT molecular complexity index is 638. The maximum atomic E-state index is 14.0. The van der Waals surface area contributed by atoms with Crippen molar-refractivity contribution in [2.45, 2.75) is 36.1 Å². The van der Waals surface area contributed by atoms with Gasteiger partial charge in [-0.25, -0.2) is 0 Å². The van der Waals surface area contributed by atoms with Gasteiger partial charge < -0.3 is 0 Å². The van der Waals surface area contributed by atoms with Crippen LogP contribution in [0.15, 0.2) is 34.1 Å². The Morgan fingerprint density at radius 2 is 1.70 bits per heavy atom. The van der Waals surface area contributed by atoms with Gasteiger partial charge >= 0.3 is 5.51 Å². The van der Waals surface area contributed by atoms with Crippen molar-refractivity contribution in [3.63, 3.8) is 0 Å². The van der Waals surface area contributed by atoms with Crippen LogP contribution in [-0.2, 0) is 3.74 Å². The molecule has 4 nitrogen and oxygen atoms in total. The number of benzene rings is 1. The number of hydrogen-bond donors (Lipinski definition) is 0. The smallest absolute Gasteiger partial charge is 0.182 e. The first kappa shape index (κ1) is 17.1. The average molecular weight is 371 g/mol. The lowest BCUT2D eigenvalue weighted by Gasteiger charge is -2.36. The largest absolute Gasteiger partial charge is 0.468 e. The van der Waals surface area contributed by atoms with Gasteiger partial charge in [0.05, 0.1) is 10.2 Å². The van der Waals surface area contributed by atoms with E-state index in [0.717, 1.165) is 12.8 Å². The zero-order valence-corrected chi connectivity index (χ0v) is 13.4. The van der Waals surface area contributed by atoms with Crippen molar-refractivity contribution in [3.8, 4) is 0 Å². The van der Waals surface area contributed by atoms with Crippen molar-refractivity contribution in [2.24, 2.45) is 5.92 Å². The molecule has 1 aliphatic carbocycles. The van der Waals surface area contributed by atoms with Crippen LogP contribution >= 0.6 is 10.3 Å². The summed E-state index contributed by atoms with van der Waals surface area (Å²) in [6.45, 7) is 0. The van der Waals surface area contributed by atoms with E-state index in [9.17, 15) is 27.1 Å². The normalized spacial score (nSPS) is 28.3. The first-order chi connectivity index (χ1) is 10.7. The van der Waals surface area contributed by atoms with Gasteiger partial charge in [0.25, 0.3) is 0 Å². The van der Waals surface area contributed by atoms with Crippen LogP contribution in [0.3, 0.4) is 0 Å². The number of allylic oxidation sites excluding steroid dienone is 1. The topological polar surface area (TPSA) is 78.4 Å². The average Bonchev–Trinajstić information content (AvgIpc) is 3.03. The van der Waals surface area contributed by atoms with Crippen LogP contribution in [0.2, 0.25) is 0 Å². The Morgan fingerprint density at radius 3 is 2.26 bits per heavy atom. The zero-order valence-electron chi connectivity index (χ0n) is 11.8. The monoisotopic (exact) mass is 370 g/mol. The molecule has 23 heavy (non-hydrogen) atoms. The molecule has 128 valence electrons. The Hall–Kier alpha value is -0.770. The quantitative estimate of drug-likeness (QED) is 0.812. The van der Waals surface area contributed by atoms with Crippen molar-refractivity contribution in [3.05, 3.63) is 34.7 Å². The molecule has 2 aliphatic rings. The summed E-state index contributed by atoms with van der Waals surface area (Å²) in [4.78, 5) is -0.364. The van der Waals surface area contributed by atoms with Crippen LogP contribution in [0.1, 0.15) is 31.2 Å². The molecule has 0 spiro atoms. The molecule has 3 rings (SSSR count). The minimum atomic E-state index is -5.22. The van der Waals surface area contributed by atoms with Gasteiger partial charge in [-0.05, 0) is 36.5 Å². The SMILES string of the molecule is [O-][Cl+3]([O-])([O-])OS1(C(F)(F)F)C(C2CCCC2)=Cc2ccccc21. The van der Waals surface area contributed by atoms with E-state index >= 15 is 0 Å². The van der Waals surface area contributed by atoms with Gasteiger partial charge in [-0.3, -0.25) is 0 Å². The number of hydrogen-bond acceptors (Lipinski definition) is 4. The molecule has 1 heterocycles. The molecular formula is C14H14ClF3O4S. The Morgan fingerprint density at radius 1 is 1.09 bits per heavy atom. The zero-order chi connectivity index (χ0) is 16.9. The Balaban J connectivity index is 2.21. The second-order valence-corrected chi connectivity index (χ2v) is 9.26. The summed E-state index contributed by atoms with van der Waals surface area (Å²) in [7, 11) is -9.59. The van der Waals surface area contributed by atoms with E-state index in [1.54, 1.807) is 6.07 Å². The Labute approximate surface area is 134 Å². The summed E-state index contributed by atoms with van der Waals surface area (Å²) >= 11 is 0. The maximum Gasteiger partial charge on any atom is 0.468 e. The summed E-state index contributed by atoms with van der Waals surface area (Å²) in [5.41, 5.74) is -4.72. The second kappa shape index (κ2) is 5.65. The van der Waals surface area contributed by atoms with E-state index in [0.29, 0.717) is 12.8 Å². The second-order valence-electron chi connectivity index (χ2n) is 5.51. The van der Waals surface area contributed by atoms with Crippen LogP contribution in [0, 0.1) is 16.2 Å². The van der Waals surface area contributed by atoms with E-state index in [4.69, 9.17) is 0 Å². The van der Waals surface area contributed by atoms with Crippen LogP contribution in [0.4, 0.5) is 13.2 Å². The number of alkyl halides is 3. The third-order valence-corrected chi connectivity index (χ3v) is 8.24. The highest BCUT2D eigenvalue weighted by atomic mass is 35.7. The third-order valence-electron chi connectivity index (χ3n) is 4.11. The predicted molar refractivity (Wildman–Crippen MR) is 69.4 cm³/mol. The highest BCUT2D eigenvalue weighted by molar-refractivity contribution is 8.34. The maximum absolute atomic E-state index is 14.0. The van der Waals surface area contributed by atoms with Gasteiger partial charge in [0.1, 0.15) is 3.74 Å². The van der Waals surface area contributed by atoms with Gasteiger partial charge in [0, 0.05) is 9.80 Å². The summed E-state index contributed by atoms with van der Waals surface area (Å²) in [6.07, 6.45) is 3.96. The fourth-order valence-corrected chi connectivity index (χ4v) is 7.54. The predicted octanol–water partition coefficient (Wildman–Crippen LogP) is 1.74. The summed E-state index contributed by atoms with van der Waals surface area (Å²) in [6, 6.07) is 5.62. The van der Waals surface area contributed by atoms with E-state index in [1.807, 2.05) is 0 Å². The van der Waals surface area contributed by atoms with Gasteiger partial charge in [0.2, 0.25) is 0 Å². The first-order valence-corrected chi connectivity index (χ1v) is 9.77. The molecule has 0 N–H and O–H groups in total. The highest BCUT2D eigenvalue weighted by Crippen LogP contribution is 2.79. The first-order valence-electron chi connectivity index (χ1n) is 6.97. The van der Waals surface area contributed by atoms with E-state index in [-0.39, 0.29) is 15.4 Å². The summed E-state index contributed by atoms with van der Waals surface area (Å²) < 4.78 is 79.5. The minimum absolute atomic E-state index is 0.101. The van der Waals surface area contributed by atoms with Gasteiger partial charge in [0.15, 0.2) is 10.3 Å². The molecule has 0 radical (unpaired) electrons. The number of rotatable bonds is 3. The Kier molecular flexibility index (Phi) is 4.19. The summed E-state index contributed by atoms with van der Waals surface area (Å²) in [5, 5.41) is 0. The van der Waals surface area contributed by atoms with Crippen molar-refractivity contribution in [1.82, 2.24) is 0 Å². The molecule has 0 amide bonds. The van der Waals surface area contributed by atoms with E-state index < -0.39 is 32.0 Å². The van der Waals surface area contributed by atoms with Crippen molar-refractivity contribution in [2.75, 3.05) is 0 Å². The van der Waals surface area contributed by atoms with Crippen molar-refractivity contribution < 1.29 is 41.1 Å². The third kappa shape index (κ3) is 2.88. The van der Waals surface area contributed by atoms with Gasteiger partial charge in [-0.2, -0.15) is 27.1 Å². The highest BCUT2D eigenvalue weighted by Gasteiger charge is 2.68. The molecule has 1 fully saturated rings.